The zero-order valence-electron chi connectivity index (χ0n) is 23.7. The molecule has 6 rings (SSSR count). The lowest BCUT2D eigenvalue weighted by Gasteiger charge is -2.29. The fourth-order valence-electron chi connectivity index (χ4n) is 4.97. The number of fused-ring (bicyclic) bond motifs is 1. The minimum Gasteiger partial charge on any atom is -0.481 e. The molecule has 43 heavy (non-hydrogen) atoms. The molecule has 0 bridgehead atoms. The summed E-state index contributed by atoms with van der Waals surface area (Å²) in [5.41, 5.74) is 3.98. The number of carbonyl (C=O) groups excluding carboxylic acids is 1. The second-order valence-corrected chi connectivity index (χ2v) is 9.93. The zero-order valence-corrected chi connectivity index (χ0v) is 23.7. The van der Waals surface area contributed by atoms with Crippen LogP contribution in [-0.4, -0.2) is 54.5 Å². The van der Waals surface area contributed by atoms with Gasteiger partial charge in [-0.1, -0.05) is 91.0 Å². The van der Waals surface area contributed by atoms with Gasteiger partial charge in [-0.15, -0.1) is 0 Å². The van der Waals surface area contributed by atoms with Crippen molar-refractivity contribution in [2.24, 2.45) is 4.99 Å². The van der Waals surface area contributed by atoms with Crippen molar-refractivity contribution in [3.63, 3.8) is 0 Å². The van der Waals surface area contributed by atoms with Crippen molar-refractivity contribution in [2.45, 2.75) is 6.61 Å². The minimum atomic E-state index is -0.777. The van der Waals surface area contributed by atoms with Crippen molar-refractivity contribution in [2.75, 3.05) is 38.3 Å². The maximum Gasteiger partial charge on any atom is 0.360 e. The van der Waals surface area contributed by atoms with E-state index in [1.165, 1.54) is 11.5 Å². The van der Waals surface area contributed by atoms with E-state index in [0.717, 1.165) is 22.4 Å². The molecule has 3 heterocycles. The molecule has 1 saturated heterocycles. The average molecular weight is 575 g/mol. The van der Waals surface area contributed by atoms with Crippen LogP contribution < -0.4 is 15.2 Å². The van der Waals surface area contributed by atoms with E-state index < -0.39 is 11.5 Å². The molecule has 3 aromatic carbocycles. The smallest absolute Gasteiger partial charge is 0.360 e. The Balaban J connectivity index is 1.59. The fraction of sp³-hybridized carbons (Fsp3) is 0.176. The van der Waals surface area contributed by atoms with E-state index in [-0.39, 0.29) is 23.7 Å². The van der Waals surface area contributed by atoms with E-state index >= 15 is 0 Å². The number of esters is 1. The van der Waals surface area contributed by atoms with Crippen molar-refractivity contribution in [3.8, 4) is 5.75 Å². The second-order valence-electron chi connectivity index (χ2n) is 9.93. The van der Waals surface area contributed by atoms with Crippen molar-refractivity contribution in [1.29, 1.82) is 0 Å². The van der Waals surface area contributed by atoms with Gasteiger partial charge in [0.05, 0.1) is 31.7 Å². The van der Waals surface area contributed by atoms with Crippen LogP contribution in [0.15, 0.2) is 113 Å². The number of methoxy groups -OCH3 is 1. The van der Waals surface area contributed by atoms with Gasteiger partial charge in [-0.05, 0) is 11.6 Å². The highest BCUT2D eigenvalue weighted by Crippen LogP contribution is 2.30. The van der Waals surface area contributed by atoms with Gasteiger partial charge >= 0.3 is 11.5 Å². The molecule has 0 radical (unpaired) electrons. The third kappa shape index (κ3) is 6.02. The normalized spacial score (nSPS) is 13.0. The molecule has 0 saturated carbocycles. The van der Waals surface area contributed by atoms with Gasteiger partial charge in [0.1, 0.15) is 12.3 Å². The lowest BCUT2D eigenvalue weighted by Crippen LogP contribution is -2.36. The largest absolute Gasteiger partial charge is 0.481 e. The van der Waals surface area contributed by atoms with Crippen LogP contribution >= 0.6 is 0 Å². The number of nitrogens with zero attached hydrogens (tertiary/aromatic N) is 4. The first kappa shape index (κ1) is 27.9. The Hall–Kier alpha value is -5.28. The third-order valence-electron chi connectivity index (χ3n) is 7.16. The topological polar surface area (TPSA) is 94.7 Å². The molecule has 1 aliphatic rings. The molecule has 5 aromatic rings. The van der Waals surface area contributed by atoms with Crippen molar-refractivity contribution >= 4 is 28.7 Å². The Morgan fingerprint density at radius 2 is 1.51 bits per heavy atom. The number of hydrogen-bond donors (Lipinski definition) is 0. The lowest BCUT2D eigenvalue weighted by atomic mass is 10.0. The summed E-state index contributed by atoms with van der Waals surface area (Å²) < 4.78 is 18.0. The van der Waals surface area contributed by atoms with Gasteiger partial charge in [-0.3, -0.25) is 9.20 Å². The molecule has 9 nitrogen and oxygen atoms in total. The van der Waals surface area contributed by atoms with Gasteiger partial charge < -0.3 is 19.1 Å². The van der Waals surface area contributed by atoms with Gasteiger partial charge in [0.2, 0.25) is 5.75 Å². The first-order valence-electron chi connectivity index (χ1n) is 14.0. The van der Waals surface area contributed by atoms with Crippen molar-refractivity contribution < 1.29 is 19.0 Å². The second kappa shape index (κ2) is 12.7. The van der Waals surface area contributed by atoms with Crippen LogP contribution in [0.4, 0.5) is 11.4 Å². The molecule has 1 fully saturated rings. The van der Waals surface area contributed by atoms with Crippen LogP contribution in [-0.2, 0) is 16.1 Å². The molecule has 216 valence electrons. The Labute approximate surface area is 248 Å². The summed E-state index contributed by atoms with van der Waals surface area (Å²) in [6.45, 7) is 2.51. The number of hydrogen-bond acceptors (Lipinski definition) is 8. The van der Waals surface area contributed by atoms with E-state index in [4.69, 9.17) is 19.2 Å². The first-order chi connectivity index (χ1) is 21.1. The average Bonchev–Trinajstić information content (AvgIpc) is 3.08. The first-order valence-corrected chi connectivity index (χ1v) is 14.0. The highest BCUT2D eigenvalue weighted by Gasteiger charge is 2.25. The molecule has 0 aliphatic carbocycles. The maximum atomic E-state index is 14.1. The summed E-state index contributed by atoms with van der Waals surface area (Å²) in [6.07, 6.45) is 1.72. The van der Waals surface area contributed by atoms with E-state index in [2.05, 4.69) is 9.88 Å². The van der Waals surface area contributed by atoms with E-state index in [0.29, 0.717) is 37.7 Å². The number of ether oxygens (including phenoxy) is 3. The molecule has 0 atom stereocenters. The van der Waals surface area contributed by atoms with E-state index in [9.17, 15) is 9.59 Å². The summed E-state index contributed by atoms with van der Waals surface area (Å²) in [7, 11) is 1.25. The molecule has 2 aromatic heterocycles. The third-order valence-corrected chi connectivity index (χ3v) is 7.16. The number of rotatable bonds is 8. The Kier molecular flexibility index (Phi) is 8.24. The molecular formula is C34H30N4O5. The number of morpholine rings is 1. The van der Waals surface area contributed by atoms with Gasteiger partial charge in [0, 0.05) is 30.4 Å². The number of aromatic nitrogens is 2. The van der Waals surface area contributed by atoms with Gasteiger partial charge in [-0.2, -0.15) is 0 Å². The Morgan fingerprint density at radius 1 is 0.907 bits per heavy atom. The molecule has 1 aliphatic heterocycles. The molecule has 0 unspecified atom stereocenters. The van der Waals surface area contributed by atoms with E-state index in [1.54, 1.807) is 6.20 Å². The van der Waals surface area contributed by atoms with Crippen LogP contribution in [0.2, 0.25) is 0 Å². The van der Waals surface area contributed by atoms with Crippen LogP contribution in [0.1, 0.15) is 27.2 Å². The number of anilines is 1. The molecule has 0 spiro atoms. The van der Waals surface area contributed by atoms with Gasteiger partial charge in [-0.25, -0.2) is 14.8 Å². The quantitative estimate of drug-likeness (QED) is 0.189. The summed E-state index contributed by atoms with van der Waals surface area (Å²) in [4.78, 5) is 39.0. The number of carbonyl (C=O) groups is 1. The van der Waals surface area contributed by atoms with Crippen molar-refractivity contribution in [1.82, 2.24) is 9.38 Å². The van der Waals surface area contributed by atoms with Crippen LogP contribution in [0.3, 0.4) is 0 Å². The molecular weight excluding hydrogens is 544 g/mol. The number of aliphatic imine (C=N–C) groups is 1. The van der Waals surface area contributed by atoms with Crippen LogP contribution in [0.25, 0.3) is 5.65 Å². The minimum absolute atomic E-state index is 0.0775. The Morgan fingerprint density at radius 3 is 2.12 bits per heavy atom. The number of benzene rings is 3. The zero-order chi connectivity index (χ0) is 29.6. The summed E-state index contributed by atoms with van der Waals surface area (Å²) in [5.74, 6) is -0.963. The van der Waals surface area contributed by atoms with Gasteiger partial charge in [0.15, 0.2) is 11.3 Å². The van der Waals surface area contributed by atoms with Crippen molar-refractivity contribution in [3.05, 3.63) is 136 Å². The Bertz CT molecular complexity index is 1780. The molecule has 9 heteroatoms. The number of pyridine rings is 1. The highest BCUT2D eigenvalue weighted by molar-refractivity contribution is 6.14. The molecule has 0 amide bonds. The SMILES string of the molecule is COC(=O)c1nc2c(N=C(c3ccccc3)c3ccccc3)cc(N3CCOCC3)cn2c(=O)c1OCc1ccccc1. The van der Waals surface area contributed by atoms with E-state index in [1.807, 2.05) is 97.1 Å². The monoisotopic (exact) mass is 574 g/mol. The lowest BCUT2D eigenvalue weighted by molar-refractivity contribution is 0.0588. The highest BCUT2D eigenvalue weighted by atomic mass is 16.5. The predicted molar refractivity (Wildman–Crippen MR) is 165 cm³/mol. The van der Waals surface area contributed by atoms with Gasteiger partial charge in [0.25, 0.3) is 0 Å². The molecule has 0 N–H and O–H groups in total. The maximum absolute atomic E-state index is 14.1. The van der Waals surface area contributed by atoms with Crippen LogP contribution in [0, 0.1) is 0 Å². The standard InChI is InChI=1S/C34H30N4O5/c1-41-34(40)30-31(43-23-24-11-5-2-6-12-24)33(39)38-22-27(37-17-19-42-20-18-37)21-28(32(38)36-30)35-29(25-13-7-3-8-14-25)26-15-9-4-10-16-26/h2-16,21-22H,17-20,23H2,1H3. The fourth-order valence-corrected chi connectivity index (χ4v) is 4.97. The summed E-state index contributed by atoms with van der Waals surface area (Å²) >= 11 is 0. The van der Waals surface area contributed by atoms with Crippen LogP contribution in [0.5, 0.6) is 5.75 Å². The summed E-state index contributed by atoms with van der Waals surface area (Å²) in [5, 5.41) is 0. The predicted octanol–water partition coefficient (Wildman–Crippen LogP) is 5.07. The summed E-state index contributed by atoms with van der Waals surface area (Å²) in [6, 6.07) is 30.9.